The van der Waals surface area contributed by atoms with Crippen molar-refractivity contribution in [2.75, 3.05) is 19.7 Å². The van der Waals surface area contributed by atoms with E-state index in [2.05, 4.69) is 10.6 Å². The Bertz CT molecular complexity index is 1080. The van der Waals surface area contributed by atoms with Crippen LogP contribution in [-0.4, -0.2) is 54.5 Å². The largest absolute Gasteiger partial charge is 0.488 e. The quantitative estimate of drug-likeness (QED) is 0.691. The predicted octanol–water partition coefficient (Wildman–Crippen LogP) is 2.83. The molecule has 3 heterocycles. The maximum atomic E-state index is 13.2. The van der Waals surface area contributed by atoms with Gasteiger partial charge in [-0.3, -0.25) is 14.4 Å². The summed E-state index contributed by atoms with van der Waals surface area (Å²) in [6.45, 7) is 7.10. The van der Waals surface area contributed by atoms with Crippen molar-refractivity contribution >= 4 is 17.7 Å². The molecule has 0 radical (unpaired) electrons. The summed E-state index contributed by atoms with van der Waals surface area (Å²) in [5.41, 5.74) is 2.18. The normalized spacial score (nSPS) is 20.7. The summed E-state index contributed by atoms with van der Waals surface area (Å²) in [5, 5.41) is 5.93. The maximum Gasteiger partial charge on any atom is 0.258 e. The molecule has 3 amide bonds. The second-order valence-electron chi connectivity index (χ2n) is 9.65. The number of hydrogen-bond donors (Lipinski definition) is 2. The van der Waals surface area contributed by atoms with Crippen LogP contribution in [0.5, 0.6) is 11.5 Å². The minimum Gasteiger partial charge on any atom is -0.488 e. The lowest BCUT2D eigenvalue weighted by molar-refractivity contribution is -0.134. The third kappa shape index (κ3) is 6.32. The number of aryl methyl sites for hydroxylation is 1. The first-order chi connectivity index (χ1) is 16.8. The summed E-state index contributed by atoms with van der Waals surface area (Å²) in [7, 11) is 0. The van der Waals surface area contributed by atoms with Crippen LogP contribution in [0.3, 0.4) is 0 Å². The highest BCUT2D eigenvalue weighted by Crippen LogP contribution is 2.23. The Kier molecular flexibility index (Phi) is 7.58. The van der Waals surface area contributed by atoms with Crippen molar-refractivity contribution in [1.29, 1.82) is 0 Å². The van der Waals surface area contributed by atoms with Crippen LogP contribution in [0, 0.1) is 12.8 Å². The maximum absolute atomic E-state index is 13.2. The topological polar surface area (TPSA) is 97.0 Å². The third-order valence-corrected chi connectivity index (χ3v) is 6.31. The fourth-order valence-corrected chi connectivity index (χ4v) is 4.32. The number of fused-ring (bicyclic) bond motifs is 7. The first kappa shape index (κ1) is 24.6. The first-order valence-electron chi connectivity index (χ1n) is 12.1. The zero-order chi connectivity index (χ0) is 24.9. The average molecular weight is 480 g/mol. The van der Waals surface area contributed by atoms with Gasteiger partial charge in [-0.1, -0.05) is 32.0 Å². The molecule has 35 heavy (non-hydrogen) atoms. The summed E-state index contributed by atoms with van der Waals surface area (Å²) in [6, 6.07) is 12.3. The highest BCUT2D eigenvalue weighted by atomic mass is 16.5. The van der Waals surface area contributed by atoms with Crippen LogP contribution in [0.4, 0.5) is 0 Å². The van der Waals surface area contributed by atoms with Gasteiger partial charge < -0.3 is 25.0 Å². The monoisotopic (exact) mass is 479 g/mol. The van der Waals surface area contributed by atoms with E-state index in [1.165, 1.54) is 0 Å². The van der Waals surface area contributed by atoms with Gasteiger partial charge in [0, 0.05) is 38.0 Å². The molecule has 2 N–H and O–H groups in total. The number of hydrogen-bond acceptors (Lipinski definition) is 5. The number of rotatable bonds is 2. The zero-order valence-electron chi connectivity index (χ0n) is 20.5. The lowest BCUT2D eigenvalue weighted by Gasteiger charge is -2.39. The summed E-state index contributed by atoms with van der Waals surface area (Å²) < 4.78 is 12.0. The molecule has 0 spiro atoms. The van der Waals surface area contributed by atoms with Gasteiger partial charge in [0.1, 0.15) is 17.6 Å². The molecule has 8 heteroatoms. The van der Waals surface area contributed by atoms with Gasteiger partial charge in [-0.15, -0.1) is 0 Å². The lowest BCUT2D eigenvalue weighted by atomic mass is 9.99. The Morgan fingerprint density at radius 1 is 1.14 bits per heavy atom. The molecule has 8 nitrogen and oxygen atoms in total. The Balaban J connectivity index is 1.62. The van der Waals surface area contributed by atoms with Gasteiger partial charge in [0.2, 0.25) is 5.91 Å². The molecule has 4 bridgehead atoms. The molecule has 2 aromatic carbocycles. The molecule has 0 unspecified atom stereocenters. The number of ether oxygens (including phenoxy) is 2. The number of nitrogens with zero attached hydrogens (tertiary/aromatic N) is 1. The van der Waals surface area contributed by atoms with Crippen LogP contribution in [0.2, 0.25) is 0 Å². The SMILES string of the molecule is Cc1ccc2cc1OCC(=O)NCc1ccc(cc1)O[C@H]1CCN(C(=O)CC(C)C)C[C@@H]1NC2=O. The lowest BCUT2D eigenvalue weighted by Crippen LogP contribution is -2.58. The predicted molar refractivity (Wildman–Crippen MR) is 131 cm³/mol. The third-order valence-electron chi connectivity index (χ3n) is 6.31. The van der Waals surface area contributed by atoms with Gasteiger partial charge in [0.15, 0.2) is 6.61 Å². The van der Waals surface area contributed by atoms with E-state index in [1.807, 2.05) is 49.9 Å². The molecule has 0 aliphatic carbocycles. The molecule has 1 fully saturated rings. The van der Waals surface area contributed by atoms with E-state index in [9.17, 15) is 14.4 Å². The number of carbonyl (C=O) groups excluding carboxylic acids is 3. The van der Waals surface area contributed by atoms with Gasteiger partial charge in [-0.2, -0.15) is 0 Å². The Hall–Kier alpha value is -3.55. The van der Waals surface area contributed by atoms with Crippen LogP contribution >= 0.6 is 0 Å². The van der Waals surface area contributed by atoms with E-state index < -0.39 is 0 Å². The van der Waals surface area contributed by atoms with Crippen molar-refractivity contribution in [3.05, 3.63) is 59.2 Å². The average Bonchev–Trinajstić information content (AvgIpc) is 2.83. The van der Waals surface area contributed by atoms with E-state index >= 15 is 0 Å². The van der Waals surface area contributed by atoms with E-state index in [-0.39, 0.29) is 42.4 Å². The van der Waals surface area contributed by atoms with Gasteiger partial charge in [-0.05, 0) is 48.2 Å². The second kappa shape index (κ2) is 10.8. The van der Waals surface area contributed by atoms with Crippen molar-refractivity contribution in [1.82, 2.24) is 15.5 Å². The molecule has 1 saturated heterocycles. The fraction of sp³-hybridized carbons (Fsp3) is 0.444. The van der Waals surface area contributed by atoms with Crippen molar-refractivity contribution in [3.63, 3.8) is 0 Å². The molecule has 2 aromatic rings. The van der Waals surface area contributed by atoms with Gasteiger partial charge >= 0.3 is 0 Å². The Morgan fingerprint density at radius 2 is 1.91 bits per heavy atom. The van der Waals surface area contributed by atoms with E-state index in [4.69, 9.17) is 9.47 Å². The van der Waals surface area contributed by atoms with Crippen LogP contribution in [0.15, 0.2) is 42.5 Å². The zero-order valence-corrected chi connectivity index (χ0v) is 20.5. The molecule has 186 valence electrons. The standard InChI is InChI=1S/C27H33N3O5/c1-17(2)12-26(32)30-11-10-23-22(15-30)29-27(33)20-7-4-18(3)24(13-20)34-16-25(31)28-14-19-5-8-21(35-23)9-6-19/h4-9,13,17,22-23H,10-12,14-16H2,1-3H3,(H,28,31)(H,29,33)/t22-,23-/m0/s1. The molecule has 3 aliphatic heterocycles. The number of amides is 3. The summed E-state index contributed by atoms with van der Waals surface area (Å²) in [6.07, 6.45) is 0.790. The molecule has 2 atom stereocenters. The highest BCUT2D eigenvalue weighted by Gasteiger charge is 2.34. The van der Waals surface area contributed by atoms with Gasteiger partial charge in [0.05, 0.1) is 6.04 Å². The van der Waals surface area contributed by atoms with E-state index in [1.54, 1.807) is 18.2 Å². The van der Waals surface area contributed by atoms with Gasteiger partial charge in [-0.25, -0.2) is 0 Å². The summed E-state index contributed by atoms with van der Waals surface area (Å²) in [4.78, 5) is 40.1. The minimum absolute atomic E-state index is 0.0867. The molecular weight excluding hydrogens is 446 g/mol. The number of piperidine rings is 1. The fourth-order valence-electron chi connectivity index (χ4n) is 4.32. The summed E-state index contributed by atoms with van der Waals surface area (Å²) >= 11 is 0. The first-order valence-corrected chi connectivity index (χ1v) is 12.1. The Labute approximate surface area is 206 Å². The molecule has 0 aromatic heterocycles. The number of carbonyl (C=O) groups is 3. The second-order valence-corrected chi connectivity index (χ2v) is 9.65. The number of benzene rings is 2. The van der Waals surface area contributed by atoms with E-state index in [0.29, 0.717) is 49.5 Å². The van der Waals surface area contributed by atoms with Crippen LogP contribution in [-0.2, 0) is 16.1 Å². The van der Waals surface area contributed by atoms with Crippen LogP contribution in [0.25, 0.3) is 0 Å². The molecular formula is C27H33N3O5. The van der Waals surface area contributed by atoms with Crippen molar-refractivity contribution in [2.45, 2.75) is 52.3 Å². The van der Waals surface area contributed by atoms with Crippen molar-refractivity contribution in [2.24, 2.45) is 5.92 Å². The number of nitrogens with one attached hydrogen (secondary N) is 2. The highest BCUT2D eigenvalue weighted by molar-refractivity contribution is 5.95. The molecule has 0 saturated carbocycles. The Morgan fingerprint density at radius 3 is 2.66 bits per heavy atom. The van der Waals surface area contributed by atoms with Crippen molar-refractivity contribution < 1.29 is 23.9 Å². The molecule has 5 rings (SSSR count). The number of likely N-dealkylation sites (tertiary alicyclic amines) is 1. The van der Waals surface area contributed by atoms with E-state index in [0.717, 1.165) is 11.1 Å². The summed E-state index contributed by atoms with van der Waals surface area (Å²) in [5.74, 6) is 0.973. The van der Waals surface area contributed by atoms with Crippen molar-refractivity contribution in [3.8, 4) is 11.5 Å². The van der Waals surface area contributed by atoms with Crippen LogP contribution in [0.1, 0.15) is 48.2 Å². The van der Waals surface area contributed by atoms with Crippen LogP contribution < -0.4 is 20.1 Å². The smallest absolute Gasteiger partial charge is 0.258 e. The van der Waals surface area contributed by atoms with Gasteiger partial charge in [0.25, 0.3) is 11.8 Å². The molecule has 3 aliphatic rings. The minimum atomic E-state index is -0.378.